The second kappa shape index (κ2) is 9.02. The normalized spacial score (nSPS) is 14.2. The van der Waals surface area contributed by atoms with Crippen LogP contribution in [0.3, 0.4) is 0 Å². The SMILES string of the molecule is COC(=O)c1ccc2[nH]c(CC(O)(CC(C)(C)c3cc(Br)ccc3OC)C(F)(F)F)cc2c1. The van der Waals surface area contributed by atoms with Crippen LogP contribution in [-0.4, -0.2) is 42.1 Å². The number of esters is 1. The number of aromatic amines is 1. The van der Waals surface area contributed by atoms with Crippen molar-refractivity contribution < 1.29 is 32.5 Å². The maximum absolute atomic E-state index is 14.2. The number of aromatic nitrogens is 1. The second-order valence-corrected chi connectivity index (χ2v) is 9.62. The van der Waals surface area contributed by atoms with Gasteiger partial charge in [0.1, 0.15) is 5.75 Å². The fraction of sp³-hybridized carbons (Fsp3) is 0.375. The highest BCUT2D eigenvalue weighted by molar-refractivity contribution is 9.10. The van der Waals surface area contributed by atoms with Crippen molar-refractivity contribution in [1.29, 1.82) is 0 Å². The van der Waals surface area contributed by atoms with Gasteiger partial charge in [-0.1, -0.05) is 29.8 Å². The number of benzene rings is 2. The summed E-state index contributed by atoms with van der Waals surface area (Å²) in [5.41, 5.74) is -2.52. The average Bonchev–Trinajstić information content (AvgIpc) is 3.12. The first kappa shape index (κ1) is 25.1. The third-order valence-electron chi connectivity index (χ3n) is 5.73. The molecule has 0 saturated carbocycles. The minimum Gasteiger partial charge on any atom is -0.496 e. The van der Waals surface area contributed by atoms with Gasteiger partial charge < -0.3 is 19.6 Å². The number of fused-ring (bicyclic) bond motifs is 1. The summed E-state index contributed by atoms with van der Waals surface area (Å²) >= 11 is 3.35. The lowest BCUT2D eigenvalue weighted by molar-refractivity contribution is -0.266. The molecule has 0 bridgehead atoms. The Kier molecular flexibility index (Phi) is 6.87. The van der Waals surface area contributed by atoms with E-state index >= 15 is 0 Å². The van der Waals surface area contributed by atoms with Crippen LogP contribution in [0.15, 0.2) is 46.9 Å². The number of carbonyl (C=O) groups is 1. The lowest BCUT2D eigenvalue weighted by atomic mass is 9.73. The van der Waals surface area contributed by atoms with Gasteiger partial charge in [-0.15, -0.1) is 0 Å². The van der Waals surface area contributed by atoms with E-state index in [1.165, 1.54) is 32.4 Å². The van der Waals surface area contributed by atoms with Crippen LogP contribution in [0.25, 0.3) is 10.9 Å². The van der Waals surface area contributed by atoms with Crippen molar-refractivity contribution in [1.82, 2.24) is 4.98 Å². The summed E-state index contributed by atoms with van der Waals surface area (Å²) in [6, 6.07) is 11.3. The Morgan fingerprint density at radius 1 is 1.09 bits per heavy atom. The number of carbonyl (C=O) groups excluding carboxylic acids is 1. The van der Waals surface area contributed by atoms with Crippen LogP contribution < -0.4 is 4.74 Å². The molecule has 9 heteroatoms. The van der Waals surface area contributed by atoms with Gasteiger partial charge >= 0.3 is 12.1 Å². The zero-order valence-electron chi connectivity index (χ0n) is 18.6. The minimum atomic E-state index is -4.89. The van der Waals surface area contributed by atoms with Gasteiger partial charge in [-0.05, 0) is 54.3 Å². The minimum absolute atomic E-state index is 0.198. The molecule has 2 N–H and O–H groups in total. The fourth-order valence-corrected chi connectivity index (χ4v) is 4.51. The van der Waals surface area contributed by atoms with Gasteiger partial charge in [-0.3, -0.25) is 0 Å². The first-order chi connectivity index (χ1) is 15.3. The largest absolute Gasteiger partial charge is 0.496 e. The Bertz CT molecular complexity index is 1170. The summed E-state index contributed by atoms with van der Waals surface area (Å²) in [5, 5.41) is 11.5. The highest BCUT2D eigenvalue weighted by Gasteiger charge is 2.56. The predicted molar refractivity (Wildman–Crippen MR) is 123 cm³/mol. The highest BCUT2D eigenvalue weighted by atomic mass is 79.9. The number of halogens is 4. The van der Waals surface area contributed by atoms with Crippen molar-refractivity contribution in [3.63, 3.8) is 0 Å². The van der Waals surface area contributed by atoms with E-state index in [2.05, 4.69) is 25.7 Å². The molecule has 3 rings (SSSR count). The van der Waals surface area contributed by atoms with Crippen molar-refractivity contribution >= 4 is 32.8 Å². The summed E-state index contributed by atoms with van der Waals surface area (Å²) in [6.07, 6.45) is -6.17. The van der Waals surface area contributed by atoms with Gasteiger partial charge in [-0.25, -0.2) is 4.79 Å². The molecule has 2 aromatic carbocycles. The number of methoxy groups -OCH3 is 2. The standard InChI is InChI=1S/C24H25BrF3NO4/c1-22(2,18-11-16(25)6-8-20(18)32-3)13-23(31,24(26,27)28)12-17-10-15-9-14(21(30)33-4)5-7-19(15)29-17/h5-11,29,31H,12-13H2,1-4H3. The number of H-pyrrole nitrogens is 1. The zero-order valence-corrected chi connectivity index (χ0v) is 20.2. The quantitative estimate of drug-likeness (QED) is 0.373. The molecule has 33 heavy (non-hydrogen) atoms. The predicted octanol–water partition coefficient (Wildman–Crippen LogP) is 5.93. The van der Waals surface area contributed by atoms with E-state index < -0.39 is 36.0 Å². The molecule has 1 atom stereocenters. The van der Waals surface area contributed by atoms with Crippen LogP contribution >= 0.6 is 15.9 Å². The number of ether oxygens (including phenoxy) is 2. The van der Waals surface area contributed by atoms with E-state index in [0.717, 1.165) is 0 Å². The topological polar surface area (TPSA) is 71.6 Å². The van der Waals surface area contributed by atoms with Gasteiger partial charge in [0.05, 0.1) is 19.8 Å². The number of alkyl halides is 3. The van der Waals surface area contributed by atoms with E-state index in [1.54, 1.807) is 38.1 Å². The van der Waals surface area contributed by atoms with E-state index in [-0.39, 0.29) is 11.3 Å². The number of aliphatic hydroxyl groups is 1. The van der Waals surface area contributed by atoms with E-state index in [4.69, 9.17) is 4.74 Å². The van der Waals surface area contributed by atoms with Crippen molar-refractivity contribution in [2.75, 3.05) is 14.2 Å². The third kappa shape index (κ3) is 5.19. The molecule has 0 aliphatic carbocycles. The Morgan fingerprint density at radius 3 is 2.39 bits per heavy atom. The molecular weight excluding hydrogens is 503 g/mol. The Morgan fingerprint density at radius 2 is 1.79 bits per heavy atom. The van der Waals surface area contributed by atoms with E-state index in [1.807, 2.05) is 0 Å². The van der Waals surface area contributed by atoms with Crippen molar-refractivity contribution in [2.45, 2.75) is 43.9 Å². The molecule has 0 aliphatic rings. The number of rotatable bonds is 7. The van der Waals surface area contributed by atoms with Gasteiger partial charge in [0.15, 0.2) is 5.60 Å². The Balaban J connectivity index is 1.98. The summed E-state index contributed by atoms with van der Waals surface area (Å²) in [5.74, 6) is -0.107. The molecule has 3 aromatic rings. The molecule has 1 heterocycles. The number of hydrogen-bond acceptors (Lipinski definition) is 4. The maximum Gasteiger partial charge on any atom is 0.417 e. The van der Waals surface area contributed by atoms with Crippen LogP contribution in [0.5, 0.6) is 5.75 Å². The third-order valence-corrected chi connectivity index (χ3v) is 6.23. The molecule has 0 amide bonds. The average molecular weight is 528 g/mol. The molecule has 1 aromatic heterocycles. The maximum atomic E-state index is 14.2. The summed E-state index contributed by atoms with van der Waals surface area (Å²) in [4.78, 5) is 14.7. The second-order valence-electron chi connectivity index (χ2n) is 8.70. The van der Waals surface area contributed by atoms with Crippen LogP contribution in [0.1, 0.15) is 41.9 Å². The molecule has 0 saturated heterocycles. The van der Waals surface area contributed by atoms with Crippen molar-refractivity contribution in [3.05, 3.63) is 63.8 Å². The number of nitrogens with one attached hydrogen (secondary N) is 1. The van der Waals surface area contributed by atoms with Gasteiger partial charge in [0.2, 0.25) is 0 Å². The molecule has 0 fully saturated rings. The van der Waals surface area contributed by atoms with Gasteiger partial charge in [0, 0.05) is 33.1 Å². The van der Waals surface area contributed by atoms with Crippen LogP contribution in [0, 0.1) is 0 Å². The molecule has 1 unspecified atom stereocenters. The molecular formula is C24H25BrF3NO4. The molecule has 178 valence electrons. The smallest absolute Gasteiger partial charge is 0.417 e. The van der Waals surface area contributed by atoms with E-state index in [9.17, 15) is 23.1 Å². The molecule has 0 radical (unpaired) electrons. The zero-order chi connectivity index (χ0) is 24.6. The van der Waals surface area contributed by atoms with Crippen LogP contribution in [0.4, 0.5) is 13.2 Å². The Hall–Kier alpha value is -2.52. The first-order valence-electron chi connectivity index (χ1n) is 10.1. The Labute approximate surface area is 198 Å². The first-order valence-corrected chi connectivity index (χ1v) is 10.9. The summed E-state index contributed by atoms with van der Waals surface area (Å²) in [6.45, 7) is 3.28. The fourth-order valence-electron chi connectivity index (χ4n) is 4.15. The number of hydrogen-bond donors (Lipinski definition) is 2. The monoisotopic (exact) mass is 527 g/mol. The molecule has 0 spiro atoms. The summed E-state index contributed by atoms with van der Waals surface area (Å²) < 4.78 is 53.4. The van der Waals surface area contributed by atoms with Gasteiger partial charge in [-0.2, -0.15) is 13.2 Å². The van der Waals surface area contributed by atoms with Gasteiger partial charge in [0.25, 0.3) is 0 Å². The van der Waals surface area contributed by atoms with Crippen molar-refractivity contribution in [2.24, 2.45) is 0 Å². The highest BCUT2D eigenvalue weighted by Crippen LogP contribution is 2.45. The van der Waals surface area contributed by atoms with Crippen LogP contribution in [-0.2, 0) is 16.6 Å². The molecule has 5 nitrogen and oxygen atoms in total. The lowest BCUT2D eigenvalue weighted by Gasteiger charge is -2.38. The van der Waals surface area contributed by atoms with E-state index in [0.29, 0.717) is 26.7 Å². The summed E-state index contributed by atoms with van der Waals surface area (Å²) in [7, 11) is 2.70. The lowest BCUT2D eigenvalue weighted by Crippen LogP contribution is -2.51. The van der Waals surface area contributed by atoms with Crippen LogP contribution in [0.2, 0.25) is 0 Å². The van der Waals surface area contributed by atoms with Crippen molar-refractivity contribution in [3.8, 4) is 5.75 Å². The molecule has 0 aliphatic heterocycles.